The summed E-state index contributed by atoms with van der Waals surface area (Å²) in [6.07, 6.45) is 3.22. The Morgan fingerprint density at radius 1 is 0.971 bits per heavy atom. The maximum atomic E-state index is 13.3. The molecule has 0 amide bonds. The van der Waals surface area contributed by atoms with Gasteiger partial charge in [0, 0.05) is 16.7 Å². The van der Waals surface area contributed by atoms with Gasteiger partial charge >= 0.3 is 0 Å². The number of thiazole rings is 1. The maximum Gasteiger partial charge on any atom is 0.269 e. The molecule has 178 valence electrons. The van der Waals surface area contributed by atoms with Crippen molar-refractivity contribution in [3.05, 3.63) is 125 Å². The third-order valence-corrected chi connectivity index (χ3v) is 6.96. The third-order valence-electron chi connectivity index (χ3n) is 5.65. The second kappa shape index (κ2) is 10.1. The predicted octanol–water partition coefficient (Wildman–Crippen LogP) is 5.54. The summed E-state index contributed by atoms with van der Waals surface area (Å²) < 4.78 is 15.9. The molecule has 0 aliphatic heterocycles. The molecule has 0 saturated heterocycles. The van der Waals surface area contributed by atoms with E-state index in [1.54, 1.807) is 34.9 Å². The average Bonchev–Trinajstić information content (AvgIpc) is 3.10. The molecule has 0 aliphatic rings. The van der Waals surface area contributed by atoms with Crippen molar-refractivity contribution in [1.82, 2.24) is 4.57 Å². The van der Waals surface area contributed by atoms with Crippen molar-refractivity contribution in [2.75, 3.05) is 0 Å². The number of aromatic nitrogens is 1. The number of nitrogens with zero attached hydrogens (tertiary/aromatic N) is 1. The Morgan fingerprint density at radius 2 is 1.60 bits per heavy atom. The van der Waals surface area contributed by atoms with Gasteiger partial charge in [0.25, 0.3) is 5.56 Å². The van der Waals surface area contributed by atoms with Crippen LogP contribution in [0.2, 0.25) is 5.02 Å². The van der Waals surface area contributed by atoms with Gasteiger partial charge in [0.15, 0.2) is 5.78 Å². The number of Topliss-reactive ketones (excluding diaryl/α,β-unsaturated/α-hetero) is 1. The molecular formula is C29H25ClFNO2S. The van der Waals surface area contributed by atoms with Crippen molar-refractivity contribution in [2.24, 2.45) is 0 Å². The van der Waals surface area contributed by atoms with Crippen molar-refractivity contribution >= 4 is 40.9 Å². The van der Waals surface area contributed by atoms with E-state index in [9.17, 15) is 14.0 Å². The molecule has 3 aromatic carbocycles. The van der Waals surface area contributed by atoms with Gasteiger partial charge in [0.1, 0.15) is 10.5 Å². The van der Waals surface area contributed by atoms with Crippen LogP contribution in [0.5, 0.6) is 0 Å². The molecule has 4 rings (SSSR count). The van der Waals surface area contributed by atoms with Crippen LogP contribution in [0.25, 0.3) is 12.2 Å². The molecule has 0 spiro atoms. The highest BCUT2D eigenvalue weighted by molar-refractivity contribution is 7.07. The number of ketones is 1. The number of carbonyl (C=O) groups excluding carboxylic acids is 1. The molecule has 3 nitrogen and oxygen atoms in total. The zero-order valence-corrected chi connectivity index (χ0v) is 21.3. The molecule has 35 heavy (non-hydrogen) atoms. The van der Waals surface area contributed by atoms with Gasteiger partial charge in [-0.15, -0.1) is 11.3 Å². The zero-order chi connectivity index (χ0) is 25.2. The summed E-state index contributed by atoms with van der Waals surface area (Å²) in [6.45, 7) is 6.66. The summed E-state index contributed by atoms with van der Waals surface area (Å²) in [4.78, 5) is 26.4. The van der Waals surface area contributed by atoms with Gasteiger partial charge in [-0.2, -0.15) is 0 Å². The normalized spacial score (nSPS) is 12.8. The van der Waals surface area contributed by atoms with Crippen LogP contribution in [-0.4, -0.2) is 10.4 Å². The summed E-state index contributed by atoms with van der Waals surface area (Å²) in [5.41, 5.74) is 3.07. The van der Waals surface area contributed by atoms with Crippen molar-refractivity contribution < 1.29 is 9.18 Å². The van der Waals surface area contributed by atoms with Gasteiger partial charge in [-0.05, 0) is 52.4 Å². The minimum atomic E-state index is -0.342. The van der Waals surface area contributed by atoms with E-state index in [0.717, 1.165) is 11.1 Å². The molecule has 0 radical (unpaired) electrons. The Kier molecular flexibility index (Phi) is 7.20. The first-order chi connectivity index (χ1) is 16.6. The third kappa shape index (κ3) is 6.05. The van der Waals surface area contributed by atoms with E-state index in [-0.39, 0.29) is 22.6 Å². The lowest BCUT2D eigenvalue weighted by atomic mass is 9.86. The van der Waals surface area contributed by atoms with Crippen LogP contribution in [0, 0.1) is 5.82 Å². The van der Waals surface area contributed by atoms with Crippen LogP contribution in [-0.2, 0) is 12.0 Å². The number of halogens is 2. The fraction of sp³-hybridized carbons (Fsp3) is 0.172. The monoisotopic (exact) mass is 505 g/mol. The second-order valence-corrected chi connectivity index (χ2v) is 10.9. The maximum absolute atomic E-state index is 13.3. The first-order valence-corrected chi connectivity index (χ1v) is 12.4. The summed E-state index contributed by atoms with van der Waals surface area (Å²) in [5, 5.41) is 0.609. The molecule has 1 aromatic heterocycles. The summed E-state index contributed by atoms with van der Waals surface area (Å²) in [7, 11) is 0. The highest BCUT2D eigenvalue weighted by atomic mass is 35.5. The van der Waals surface area contributed by atoms with Gasteiger partial charge in [-0.25, -0.2) is 4.39 Å². The van der Waals surface area contributed by atoms with Crippen LogP contribution in [0.15, 0.2) is 77.6 Å². The lowest BCUT2D eigenvalue weighted by molar-refractivity contribution is 0.106. The summed E-state index contributed by atoms with van der Waals surface area (Å²) >= 11 is 7.25. The zero-order valence-electron chi connectivity index (χ0n) is 19.7. The lowest BCUT2D eigenvalue weighted by Crippen LogP contribution is -2.32. The van der Waals surface area contributed by atoms with Crippen molar-refractivity contribution in [1.29, 1.82) is 0 Å². The van der Waals surface area contributed by atoms with Crippen molar-refractivity contribution in [2.45, 2.75) is 32.7 Å². The Hall–Kier alpha value is -3.28. The van der Waals surface area contributed by atoms with Gasteiger partial charge in [-0.3, -0.25) is 14.2 Å². The molecule has 6 heteroatoms. The van der Waals surface area contributed by atoms with Gasteiger partial charge in [0.2, 0.25) is 0 Å². The first-order valence-electron chi connectivity index (χ1n) is 11.2. The van der Waals surface area contributed by atoms with Gasteiger partial charge < -0.3 is 0 Å². The van der Waals surface area contributed by atoms with E-state index < -0.39 is 0 Å². The molecule has 0 atom stereocenters. The Balaban J connectivity index is 1.80. The minimum absolute atomic E-state index is 0.0107. The van der Waals surface area contributed by atoms with E-state index in [1.165, 1.54) is 29.5 Å². The minimum Gasteiger partial charge on any atom is -0.294 e. The quantitative estimate of drug-likeness (QED) is 0.334. The molecule has 0 aliphatic carbocycles. The number of rotatable bonds is 5. The van der Waals surface area contributed by atoms with Crippen LogP contribution in [0.4, 0.5) is 4.39 Å². The Morgan fingerprint density at radius 3 is 2.20 bits per heavy atom. The van der Waals surface area contributed by atoms with E-state index in [4.69, 9.17) is 11.6 Å². The molecule has 0 N–H and O–H groups in total. The largest absolute Gasteiger partial charge is 0.294 e. The number of benzene rings is 3. The van der Waals surface area contributed by atoms with Crippen molar-refractivity contribution in [3.63, 3.8) is 0 Å². The summed E-state index contributed by atoms with van der Waals surface area (Å²) in [5.74, 6) is -0.518. The van der Waals surface area contributed by atoms with Crippen LogP contribution in [0.3, 0.4) is 0 Å². The fourth-order valence-electron chi connectivity index (χ4n) is 3.61. The van der Waals surface area contributed by atoms with Gasteiger partial charge in [-0.1, -0.05) is 80.9 Å². The first kappa shape index (κ1) is 24.8. The SMILES string of the molecule is CC(C)(C)c1ccc(C(=O)/C=c2/s/c(=C\c3ccc(F)cc3)c(=O)n2Cc2ccc(Cl)cc2)cc1. The molecule has 0 fully saturated rings. The fourth-order valence-corrected chi connectivity index (χ4v) is 4.77. The smallest absolute Gasteiger partial charge is 0.269 e. The molecular weight excluding hydrogens is 481 g/mol. The Labute approximate surface area is 212 Å². The molecule has 0 unspecified atom stereocenters. The van der Waals surface area contributed by atoms with Crippen molar-refractivity contribution in [3.8, 4) is 0 Å². The van der Waals surface area contributed by atoms with Gasteiger partial charge in [0.05, 0.1) is 11.1 Å². The Bertz CT molecular complexity index is 1530. The highest BCUT2D eigenvalue weighted by Crippen LogP contribution is 2.22. The summed E-state index contributed by atoms with van der Waals surface area (Å²) in [6, 6.07) is 20.7. The molecule has 0 saturated carbocycles. The highest BCUT2D eigenvalue weighted by Gasteiger charge is 2.14. The number of carbonyl (C=O) groups is 1. The lowest BCUT2D eigenvalue weighted by Gasteiger charge is -2.18. The van der Waals surface area contributed by atoms with Crippen LogP contribution >= 0.6 is 22.9 Å². The van der Waals surface area contributed by atoms with Crippen LogP contribution < -0.4 is 14.8 Å². The standard InChI is InChI=1S/C29H25ClFNO2S/c1-29(2,3)22-10-8-21(9-11-22)25(33)17-27-32(18-20-4-12-23(30)13-5-20)28(34)26(35-27)16-19-6-14-24(31)15-7-19/h4-17H,18H2,1-3H3/b26-16-,27-17+. The molecule has 1 heterocycles. The number of hydrogen-bond donors (Lipinski definition) is 0. The van der Waals surface area contributed by atoms with E-state index >= 15 is 0 Å². The molecule has 0 bridgehead atoms. The second-order valence-electron chi connectivity index (χ2n) is 9.35. The van der Waals surface area contributed by atoms with Crippen LogP contribution in [0.1, 0.15) is 47.8 Å². The molecule has 4 aromatic rings. The average molecular weight is 506 g/mol. The van der Waals surface area contributed by atoms with E-state index in [0.29, 0.717) is 31.9 Å². The predicted molar refractivity (Wildman–Crippen MR) is 142 cm³/mol. The topological polar surface area (TPSA) is 39.1 Å². The van der Waals surface area contributed by atoms with E-state index in [1.807, 2.05) is 36.4 Å². The number of hydrogen-bond acceptors (Lipinski definition) is 3. The van der Waals surface area contributed by atoms with E-state index in [2.05, 4.69) is 20.8 Å².